The van der Waals surface area contributed by atoms with Crippen molar-refractivity contribution in [2.75, 3.05) is 0 Å². The minimum absolute atomic E-state index is 0.257. The Hall–Kier alpha value is -1.12. The van der Waals surface area contributed by atoms with Gasteiger partial charge in [-0.05, 0) is 47.6 Å². The van der Waals surface area contributed by atoms with Crippen LogP contribution in [0.2, 0.25) is 0 Å². The van der Waals surface area contributed by atoms with Crippen LogP contribution in [-0.2, 0) is 6.42 Å². The fourth-order valence-corrected chi connectivity index (χ4v) is 3.67. The number of benzene rings is 2. The largest absolute Gasteiger partial charge is 0.303 e. The van der Waals surface area contributed by atoms with Crippen molar-refractivity contribution in [2.24, 2.45) is 5.41 Å². The molecule has 110 valence electrons. The standard InChI is InChI=1S/C19H22BrN/c1-13(14-8-10-16(20)11-9-14)21-18-17-7-5-4-6-15(17)12-19(18,2)3/h4-11,13,18,21H,12H2,1-3H3/t13-,18?/m1/s1. The highest BCUT2D eigenvalue weighted by atomic mass is 79.9. The summed E-state index contributed by atoms with van der Waals surface area (Å²) in [7, 11) is 0. The molecular formula is C19H22BrN. The molecule has 1 aliphatic rings. The molecular weight excluding hydrogens is 322 g/mol. The molecule has 0 bridgehead atoms. The van der Waals surface area contributed by atoms with E-state index in [1.165, 1.54) is 16.7 Å². The molecule has 2 heteroatoms. The average Bonchev–Trinajstić information content (AvgIpc) is 2.70. The smallest absolute Gasteiger partial charge is 0.0382 e. The minimum atomic E-state index is 0.257. The third-order valence-corrected chi connectivity index (χ3v) is 5.11. The zero-order chi connectivity index (χ0) is 15.0. The van der Waals surface area contributed by atoms with Crippen LogP contribution in [0.5, 0.6) is 0 Å². The Bertz CT molecular complexity index is 630. The van der Waals surface area contributed by atoms with Crippen molar-refractivity contribution >= 4 is 15.9 Å². The molecule has 1 aliphatic carbocycles. The normalized spacial score (nSPS) is 21.0. The van der Waals surface area contributed by atoms with E-state index in [4.69, 9.17) is 0 Å². The van der Waals surface area contributed by atoms with E-state index in [0.717, 1.165) is 10.9 Å². The molecule has 1 nitrogen and oxygen atoms in total. The fraction of sp³-hybridized carbons (Fsp3) is 0.368. The Kier molecular flexibility index (Phi) is 3.94. The molecule has 21 heavy (non-hydrogen) atoms. The van der Waals surface area contributed by atoms with Gasteiger partial charge in [-0.3, -0.25) is 0 Å². The van der Waals surface area contributed by atoms with Crippen LogP contribution >= 0.6 is 15.9 Å². The molecule has 2 aromatic carbocycles. The maximum absolute atomic E-state index is 3.85. The van der Waals surface area contributed by atoms with E-state index in [1.807, 2.05) is 0 Å². The lowest BCUT2D eigenvalue weighted by atomic mass is 9.84. The number of fused-ring (bicyclic) bond motifs is 1. The number of rotatable bonds is 3. The quantitative estimate of drug-likeness (QED) is 0.784. The molecule has 0 aromatic heterocycles. The van der Waals surface area contributed by atoms with Crippen molar-refractivity contribution in [2.45, 2.75) is 39.3 Å². The van der Waals surface area contributed by atoms with E-state index in [2.05, 4.69) is 90.5 Å². The Labute approximate surface area is 135 Å². The van der Waals surface area contributed by atoms with Gasteiger partial charge in [-0.25, -0.2) is 0 Å². The molecule has 0 fully saturated rings. The minimum Gasteiger partial charge on any atom is -0.303 e. The van der Waals surface area contributed by atoms with Crippen molar-refractivity contribution in [1.29, 1.82) is 0 Å². The molecule has 0 amide bonds. The van der Waals surface area contributed by atoms with Crippen molar-refractivity contribution in [1.82, 2.24) is 5.32 Å². The SMILES string of the molecule is C[C@@H](NC1c2ccccc2CC1(C)C)c1ccc(Br)cc1. The maximum atomic E-state index is 3.85. The van der Waals surface area contributed by atoms with Gasteiger partial charge in [-0.1, -0.05) is 66.2 Å². The van der Waals surface area contributed by atoms with Gasteiger partial charge >= 0.3 is 0 Å². The second kappa shape index (κ2) is 5.58. The summed E-state index contributed by atoms with van der Waals surface area (Å²) in [5.41, 5.74) is 4.54. The van der Waals surface area contributed by atoms with E-state index >= 15 is 0 Å². The number of halogens is 1. The highest BCUT2D eigenvalue weighted by Crippen LogP contribution is 2.46. The second-order valence-electron chi connectivity index (χ2n) is 6.74. The van der Waals surface area contributed by atoms with Crippen molar-refractivity contribution < 1.29 is 0 Å². The zero-order valence-corrected chi connectivity index (χ0v) is 14.4. The number of nitrogens with one attached hydrogen (secondary N) is 1. The van der Waals surface area contributed by atoms with Gasteiger partial charge < -0.3 is 5.32 Å². The first-order valence-corrected chi connectivity index (χ1v) is 8.36. The molecule has 3 rings (SSSR count). The van der Waals surface area contributed by atoms with Gasteiger partial charge in [0.1, 0.15) is 0 Å². The van der Waals surface area contributed by atoms with Gasteiger partial charge in [0.25, 0.3) is 0 Å². The topological polar surface area (TPSA) is 12.0 Å². The summed E-state index contributed by atoms with van der Waals surface area (Å²) in [6.45, 7) is 6.97. The molecule has 0 saturated carbocycles. The summed E-state index contributed by atoms with van der Waals surface area (Å²) < 4.78 is 1.13. The van der Waals surface area contributed by atoms with Gasteiger partial charge in [0.05, 0.1) is 0 Å². The van der Waals surface area contributed by atoms with E-state index in [-0.39, 0.29) is 5.41 Å². The summed E-state index contributed by atoms with van der Waals surface area (Å²) in [4.78, 5) is 0. The lowest BCUT2D eigenvalue weighted by Crippen LogP contribution is -2.33. The molecule has 0 aliphatic heterocycles. The first kappa shape index (κ1) is 14.8. The highest BCUT2D eigenvalue weighted by Gasteiger charge is 2.39. The molecule has 2 atom stereocenters. The fourth-order valence-electron chi connectivity index (χ4n) is 3.40. The Balaban J connectivity index is 1.85. The predicted molar refractivity (Wildman–Crippen MR) is 92.4 cm³/mol. The third-order valence-electron chi connectivity index (χ3n) is 4.58. The Morgan fingerprint density at radius 2 is 1.76 bits per heavy atom. The first-order chi connectivity index (χ1) is 9.97. The molecule has 0 heterocycles. The van der Waals surface area contributed by atoms with E-state index in [9.17, 15) is 0 Å². The summed E-state index contributed by atoms with van der Waals surface area (Å²) in [6, 6.07) is 18.2. The van der Waals surface area contributed by atoms with Crippen LogP contribution < -0.4 is 5.32 Å². The molecule has 1 N–H and O–H groups in total. The van der Waals surface area contributed by atoms with Crippen LogP contribution in [-0.4, -0.2) is 0 Å². The van der Waals surface area contributed by atoms with Crippen LogP contribution in [0.3, 0.4) is 0 Å². The van der Waals surface area contributed by atoms with Gasteiger partial charge in [0.15, 0.2) is 0 Å². The van der Waals surface area contributed by atoms with Crippen LogP contribution in [0.4, 0.5) is 0 Å². The lowest BCUT2D eigenvalue weighted by molar-refractivity contribution is 0.252. The van der Waals surface area contributed by atoms with Crippen LogP contribution in [0.15, 0.2) is 53.0 Å². The van der Waals surface area contributed by atoms with Gasteiger partial charge in [-0.15, -0.1) is 0 Å². The predicted octanol–water partition coefficient (Wildman–Crippen LogP) is 5.42. The zero-order valence-electron chi connectivity index (χ0n) is 12.9. The van der Waals surface area contributed by atoms with Gasteiger partial charge in [0.2, 0.25) is 0 Å². The molecule has 2 aromatic rings. The number of hydrogen-bond acceptors (Lipinski definition) is 1. The molecule has 1 unspecified atom stereocenters. The molecule has 0 spiro atoms. The van der Waals surface area contributed by atoms with Gasteiger partial charge in [-0.2, -0.15) is 0 Å². The Morgan fingerprint density at radius 1 is 1.10 bits per heavy atom. The van der Waals surface area contributed by atoms with Crippen LogP contribution in [0.1, 0.15) is 49.5 Å². The van der Waals surface area contributed by atoms with Gasteiger partial charge in [0, 0.05) is 16.6 Å². The summed E-state index contributed by atoms with van der Waals surface area (Å²) in [6.07, 6.45) is 1.15. The van der Waals surface area contributed by atoms with Crippen LogP contribution in [0, 0.1) is 5.41 Å². The lowest BCUT2D eigenvalue weighted by Gasteiger charge is -2.31. The van der Waals surface area contributed by atoms with E-state index in [0.29, 0.717) is 12.1 Å². The van der Waals surface area contributed by atoms with Crippen molar-refractivity contribution in [3.8, 4) is 0 Å². The summed E-state index contributed by atoms with van der Waals surface area (Å²) >= 11 is 3.50. The highest BCUT2D eigenvalue weighted by molar-refractivity contribution is 9.10. The van der Waals surface area contributed by atoms with E-state index < -0.39 is 0 Å². The van der Waals surface area contributed by atoms with Crippen molar-refractivity contribution in [3.63, 3.8) is 0 Å². The third kappa shape index (κ3) is 2.93. The van der Waals surface area contributed by atoms with E-state index in [1.54, 1.807) is 0 Å². The molecule has 0 radical (unpaired) electrons. The van der Waals surface area contributed by atoms with Crippen LogP contribution in [0.25, 0.3) is 0 Å². The summed E-state index contributed by atoms with van der Waals surface area (Å²) in [5.74, 6) is 0. The monoisotopic (exact) mass is 343 g/mol. The Morgan fingerprint density at radius 3 is 2.48 bits per heavy atom. The number of hydrogen-bond donors (Lipinski definition) is 1. The summed E-state index contributed by atoms with van der Waals surface area (Å²) in [5, 5.41) is 3.85. The second-order valence-corrected chi connectivity index (χ2v) is 7.65. The maximum Gasteiger partial charge on any atom is 0.0382 e. The molecule has 0 saturated heterocycles. The average molecular weight is 344 g/mol. The first-order valence-electron chi connectivity index (χ1n) is 7.57. The van der Waals surface area contributed by atoms with Crippen molar-refractivity contribution in [3.05, 3.63) is 69.7 Å².